The van der Waals surface area contributed by atoms with Gasteiger partial charge in [-0.05, 0) is 24.2 Å². The van der Waals surface area contributed by atoms with Gasteiger partial charge in [-0.25, -0.2) is 0 Å². The summed E-state index contributed by atoms with van der Waals surface area (Å²) < 4.78 is 0. The molecule has 0 bridgehead atoms. The molecule has 1 unspecified atom stereocenters. The first-order valence-electron chi connectivity index (χ1n) is 5.44. The molecule has 0 aromatic carbocycles. The van der Waals surface area contributed by atoms with Crippen LogP contribution in [-0.4, -0.2) is 0 Å². The smallest absolute Gasteiger partial charge is 0.00815 e. The average molecular weight is 178 g/mol. The summed E-state index contributed by atoms with van der Waals surface area (Å²) in [6.07, 6.45) is 9.71. The molecular formula is C13H22. The van der Waals surface area contributed by atoms with Crippen LogP contribution in [0.25, 0.3) is 0 Å². The van der Waals surface area contributed by atoms with E-state index in [0.717, 1.165) is 6.42 Å². The fourth-order valence-electron chi connectivity index (χ4n) is 2.02. The van der Waals surface area contributed by atoms with E-state index < -0.39 is 0 Å². The molecule has 0 fully saturated rings. The Balaban J connectivity index is 2.65. The zero-order chi connectivity index (χ0) is 9.90. The minimum Gasteiger partial charge on any atom is -0.0990 e. The Morgan fingerprint density at radius 1 is 1.54 bits per heavy atom. The van der Waals surface area contributed by atoms with Crippen molar-refractivity contribution in [2.75, 3.05) is 0 Å². The molecule has 0 N–H and O–H groups in total. The molecule has 1 atom stereocenters. The second-order valence-electron chi connectivity index (χ2n) is 4.71. The van der Waals surface area contributed by atoms with Crippen molar-refractivity contribution in [3.05, 3.63) is 24.3 Å². The second kappa shape index (κ2) is 4.13. The highest BCUT2D eigenvalue weighted by atomic mass is 14.4. The standard InChI is InChI=1S/C13H22/c1-5-6-9-12-10-7-8-11(2)13(12,3)4/h7,10,12H,2,5-6,8-9H2,1,3-4H3. The van der Waals surface area contributed by atoms with Crippen LogP contribution in [0.15, 0.2) is 24.3 Å². The van der Waals surface area contributed by atoms with Crippen molar-refractivity contribution in [3.63, 3.8) is 0 Å². The molecule has 1 rings (SSSR count). The van der Waals surface area contributed by atoms with E-state index in [0.29, 0.717) is 11.3 Å². The monoisotopic (exact) mass is 178 g/mol. The zero-order valence-corrected chi connectivity index (χ0v) is 9.27. The highest BCUT2D eigenvalue weighted by Gasteiger charge is 2.31. The summed E-state index contributed by atoms with van der Waals surface area (Å²) in [5, 5.41) is 0. The van der Waals surface area contributed by atoms with E-state index in [4.69, 9.17) is 0 Å². The molecule has 0 amide bonds. The quantitative estimate of drug-likeness (QED) is 0.564. The number of hydrogen-bond donors (Lipinski definition) is 0. The molecule has 0 spiro atoms. The van der Waals surface area contributed by atoms with E-state index in [1.54, 1.807) is 0 Å². The Bertz CT molecular complexity index is 208. The maximum atomic E-state index is 4.17. The predicted molar refractivity (Wildman–Crippen MR) is 59.7 cm³/mol. The maximum absolute atomic E-state index is 4.17. The molecule has 1 aliphatic rings. The SMILES string of the molecule is C=C1CC=CC(CCCC)C1(C)C. The van der Waals surface area contributed by atoms with Gasteiger partial charge in [0.1, 0.15) is 0 Å². The third-order valence-electron chi connectivity index (χ3n) is 3.44. The van der Waals surface area contributed by atoms with Crippen LogP contribution in [0.5, 0.6) is 0 Å². The molecule has 74 valence electrons. The average Bonchev–Trinajstić information content (AvgIpc) is 2.08. The van der Waals surface area contributed by atoms with Gasteiger partial charge in [0.25, 0.3) is 0 Å². The van der Waals surface area contributed by atoms with E-state index in [9.17, 15) is 0 Å². The highest BCUT2D eigenvalue weighted by Crippen LogP contribution is 2.42. The van der Waals surface area contributed by atoms with Gasteiger partial charge in [-0.2, -0.15) is 0 Å². The van der Waals surface area contributed by atoms with Gasteiger partial charge in [-0.15, -0.1) is 0 Å². The highest BCUT2D eigenvalue weighted by molar-refractivity contribution is 5.21. The summed E-state index contributed by atoms with van der Waals surface area (Å²) in [5.74, 6) is 0.716. The lowest BCUT2D eigenvalue weighted by Crippen LogP contribution is -2.26. The molecule has 0 saturated carbocycles. The molecule has 13 heavy (non-hydrogen) atoms. The Morgan fingerprint density at radius 3 is 2.85 bits per heavy atom. The van der Waals surface area contributed by atoms with Gasteiger partial charge in [0, 0.05) is 0 Å². The van der Waals surface area contributed by atoms with Crippen molar-refractivity contribution in [1.29, 1.82) is 0 Å². The molecule has 0 aromatic rings. The van der Waals surface area contributed by atoms with Gasteiger partial charge in [-0.1, -0.05) is 57.9 Å². The van der Waals surface area contributed by atoms with Gasteiger partial charge in [0.05, 0.1) is 0 Å². The van der Waals surface area contributed by atoms with Gasteiger partial charge >= 0.3 is 0 Å². The van der Waals surface area contributed by atoms with Crippen LogP contribution in [0, 0.1) is 11.3 Å². The molecule has 0 nitrogen and oxygen atoms in total. The predicted octanol–water partition coefficient (Wildman–Crippen LogP) is 4.34. The van der Waals surface area contributed by atoms with Crippen molar-refractivity contribution in [2.45, 2.75) is 46.5 Å². The lowest BCUT2D eigenvalue weighted by molar-refractivity contribution is 0.284. The summed E-state index contributed by atoms with van der Waals surface area (Å²) in [5.41, 5.74) is 1.72. The van der Waals surface area contributed by atoms with Crippen molar-refractivity contribution >= 4 is 0 Å². The first kappa shape index (κ1) is 10.6. The molecule has 0 saturated heterocycles. The Kier molecular flexibility index (Phi) is 3.35. The molecule has 1 aliphatic carbocycles. The first-order valence-corrected chi connectivity index (χ1v) is 5.44. The Labute approximate surface area is 82.7 Å². The van der Waals surface area contributed by atoms with Crippen molar-refractivity contribution in [3.8, 4) is 0 Å². The fraction of sp³-hybridized carbons (Fsp3) is 0.692. The third kappa shape index (κ3) is 2.24. The normalized spacial score (nSPS) is 26.4. The van der Waals surface area contributed by atoms with E-state index in [2.05, 4.69) is 39.5 Å². The molecule has 0 radical (unpaired) electrons. The number of rotatable bonds is 3. The van der Waals surface area contributed by atoms with Gasteiger partial charge in [0.15, 0.2) is 0 Å². The van der Waals surface area contributed by atoms with E-state index in [1.807, 2.05) is 0 Å². The Hall–Kier alpha value is -0.520. The summed E-state index contributed by atoms with van der Waals surface area (Å²) in [6, 6.07) is 0. The van der Waals surface area contributed by atoms with Crippen LogP contribution in [0.1, 0.15) is 46.5 Å². The summed E-state index contributed by atoms with van der Waals surface area (Å²) in [4.78, 5) is 0. The van der Waals surface area contributed by atoms with Gasteiger partial charge in [-0.3, -0.25) is 0 Å². The number of unbranched alkanes of at least 4 members (excludes halogenated alkanes) is 1. The van der Waals surface area contributed by atoms with E-state index in [-0.39, 0.29) is 0 Å². The first-order chi connectivity index (χ1) is 6.09. The molecular weight excluding hydrogens is 156 g/mol. The molecule has 0 aromatic heterocycles. The van der Waals surface area contributed by atoms with Crippen molar-refractivity contribution in [1.82, 2.24) is 0 Å². The minimum absolute atomic E-state index is 0.323. The Morgan fingerprint density at radius 2 is 2.23 bits per heavy atom. The van der Waals surface area contributed by atoms with Crippen molar-refractivity contribution < 1.29 is 0 Å². The largest absolute Gasteiger partial charge is 0.0990 e. The third-order valence-corrected chi connectivity index (χ3v) is 3.44. The van der Waals surface area contributed by atoms with Gasteiger partial charge in [0.2, 0.25) is 0 Å². The van der Waals surface area contributed by atoms with E-state index in [1.165, 1.54) is 24.8 Å². The van der Waals surface area contributed by atoms with Crippen LogP contribution in [0.3, 0.4) is 0 Å². The molecule has 0 heteroatoms. The summed E-state index contributed by atoms with van der Waals surface area (Å²) in [6.45, 7) is 11.1. The van der Waals surface area contributed by atoms with Crippen LogP contribution in [0.2, 0.25) is 0 Å². The molecule has 0 heterocycles. The summed E-state index contributed by atoms with van der Waals surface area (Å²) >= 11 is 0. The van der Waals surface area contributed by atoms with E-state index >= 15 is 0 Å². The summed E-state index contributed by atoms with van der Waals surface area (Å²) in [7, 11) is 0. The number of hydrogen-bond acceptors (Lipinski definition) is 0. The number of allylic oxidation sites excluding steroid dienone is 3. The van der Waals surface area contributed by atoms with Crippen molar-refractivity contribution in [2.24, 2.45) is 11.3 Å². The van der Waals surface area contributed by atoms with Crippen LogP contribution >= 0.6 is 0 Å². The van der Waals surface area contributed by atoms with Gasteiger partial charge < -0.3 is 0 Å². The topological polar surface area (TPSA) is 0 Å². The fourth-order valence-corrected chi connectivity index (χ4v) is 2.02. The second-order valence-corrected chi connectivity index (χ2v) is 4.71. The van der Waals surface area contributed by atoms with Crippen LogP contribution < -0.4 is 0 Å². The van der Waals surface area contributed by atoms with Crippen LogP contribution in [0.4, 0.5) is 0 Å². The maximum Gasteiger partial charge on any atom is -0.00815 e. The lowest BCUT2D eigenvalue weighted by Gasteiger charge is -2.37. The minimum atomic E-state index is 0.323. The lowest BCUT2D eigenvalue weighted by atomic mass is 9.68. The molecule has 0 aliphatic heterocycles. The zero-order valence-electron chi connectivity index (χ0n) is 9.27. The van der Waals surface area contributed by atoms with Crippen LogP contribution in [-0.2, 0) is 0 Å².